The first-order chi connectivity index (χ1) is 10.6. The van der Waals surface area contributed by atoms with Crippen molar-refractivity contribution in [1.29, 1.82) is 0 Å². The van der Waals surface area contributed by atoms with Gasteiger partial charge in [0.2, 0.25) is 0 Å². The van der Waals surface area contributed by atoms with E-state index in [4.69, 9.17) is 5.11 Å². The zero-order chi connectivity index (χ0) is 15.5. The Labute approximate surface area is 126 Å². The number of phenols is 1. The lowest BCUT2D eigenvalue weighted by atomic mass is 10.1. The highest BCUT2D eigenvalue weighted by molar-refractivity contribution is 5.96. The number of azo groups is 1. The van der Waals surface area contributed by atoms with E-state index in [9.17, 15) is 9.90 Å². The molecule has 3 aromatic rings. The monoisotopic (exact) mass is 292 g/mol. The molecule has 3 aromatic carbocycles. The van der Waals surface area contributed by atoms with Gasteiger partial charge in [-0.3, -0.25) is 0 Å². The maximum atomic E-state index is 10.8. The number of carboxylic acids is 1. The van der Waals surface area contributed by atoms with Gasteiger partial charge in [0.25, 0.3) is 0 Å². The number of aromatic carboxylic acids is 1. The van der Waals surface area contributed by atoms with Crippen molar-refractivity contribution in [1.82, 2.24) is 0 Å². The summed E-state index contributed by atoms with van der Waals surface area (Å²) in [5.74, 6) is -0.784. The van der Waals surface area contributed by atoms with Crippen LogP contribution in [0.3, 0.4) is 0 Å². The molecule has 5 nitrogen and oxygen atoms in total. The van der Waals surface area contributed by atoms with Crippen molar-refractivity contribution in [2.75, 3.05) is 0 Å². The smallest absolute Gasteiger partial charge is 0.335 e. The Hall–Kier alpha value is -3.21. The van der Waals surface area contributed by atoms with Crippen LogP contribution in [-0.2, 0) is 0 Å². The molecule has 0 saturated heterocycles. The third-order valence-corrected chi connectivity index (χ3v) is 3.27. The van der Waals surface area contributed by atoms with E-state index in [0.29, 0.717) is 16.8 Å². The van der Waals surface area contributed by atoms with E-state index in [0.717, 1.165) is 5.39 Å². The number of carbonyl (C=O) groups is 1. The lowest BCUT2D eigenvalue weighted by Gasteiger charge is -2.03. The zero-order valence-electron chi connectivity index (χ0n) is 11.5. The molecule has 0 saturated carbocycles. The van der Waals surface area contributed by atoms with Crippen LogP contribution in [0.25, 0.3) is 10.8 Å². The van der Waals surface area contributed by atoms with Gasteiger partial charge in [0.1, 0.15) is 5.75 Å². The molecule has 0 unspecified atom stereocenters. The van der Waals surface area contributed by atoms with E-state index in [1.807, 2.05) is 24.3 Å². The number of hydrogen-bond acceptors (Lipinski definition) is 4. The number of hydrogen-bond donors (Lipinski definition) is 2. The molecule has 108 valence electrons. The average Bonchev–Trinajstić information content (AvgIpc) is 2.55. The van der Waals surface area contributed by atoms with Crippen LogP contribution in [0, 0.1) is 0 Å². The second kappa shape index (κ2) is 5.65. The number of aromatic hydroxyl groups is 1. The molecule has 0 spiro atoms. The Kier molecular flexibility index (Phi) is 3.53. The molecule has 0 radical (unpaired) electrons. The quantitative estimate of drug-likeness (QED) is 0.689. The van der Waals surface area contributed by atoms with Crippen LogP contribution >= 0.6 is 0 Å². The number of nitrogens with zero attached hydrogens (tertiary/aromatic N) is 2. The molecule has 0 aliphatic rings. The standard InChI is InChI=1S/C17H12N2O3/c20-16-10-9-15(13-3-1-2-4-14(13)16)19-18-12-7-5-11(6-8-12)17(21)22/h1-10,20H,(H,21,22). The summed E-state index contributed by atoms with van der Waals surface area (Å²) in [6.45, 7) is 0. The molecule has 22 heavy (non-hydrogen) atoms. The average molecular weight is 292 g/mol. The molecule has 0 fully saturated rings. The third kappa shape index (κ3) is 2.64. The molecule has 5 heteroatoms. The van der Waals surface area contributed by atoms with Gasteiger partial charge in [0.15, 0.2) is 0 Å². The highest BCUT2D eigenvalue weighted by Gasteiger charge is 2.04. The summed E-state index contributed by atoms with van der Waals surface area (Å²) in [6, 6.07) is 16.8. The van der Waals surface area contributed by atoms with Crippen LogP contribution in [0.15, 0.2) is 70.9 Å². The van der Waals surface area contributed by atoms with Gasteiger partial charge in [-0.05, 0) is 36.4 Å². The highest BCUT2D eigenvalue weighted by Crippen LogP contribution is 2.33. The van der Waals surface area contributed by atoms with E-state index in [-0.39, 0.29) is 11.3 Å². The Balaban J connectivity index is 1.96. The number of rotatable bonds is 3. The molecule has 0 aliphatic carbocycles. The topological polar surface area (TPSA) is 82.2 Å². The maximum Gasteiger partial charge on any atom is 0.335 e. The summed E-state index contributed by atoms with van der Waals surface area (Å²) in [6.07, 6.45) is 0. The fraction of sp³-hybridized carbons (Fsp3) is 0. The molecule has 0 heterocycles. The van der Waals surface area contributed by atoms with Crippen molar-refractivity contribution in [3.63, 3.8) is 0 Å². The summed E-state index contributed by atoms with van der Waals surface area (Å²) in [5.41, 5.74) is 1.40. The fourth-order valence-electron chi connectivity index (χ4n) is 2.14. The number of carboxylic acid groups (broad SMARTS) is 1. The molecular formula is C17H12N2O3. The maximum absolute atomic E-state index is 10.8. The van der Waals surface area contributed by atoms with Gasteiger partial charge < -0.3 is 10.2 Å². The van der Waals surface area contributed by atoms with Crippen LogP contribution < -0.4 is 0 Å². The molecule has 0 aromatic heterocycles. The van der Waals surface area contributed by atoms with Crippen LogP contribution in [0.5, 0.6) is 5.75 Å². The first kappa shape index (κ1) is 13.8. The SMILES string of the molecule is O=C(O)c1ccc(N=Nc2ccc(O)c3ccccc23)cc1. The largest absolute Gasteiger partial charge is 0.507 e. The Bertz CT molecular complexity index is 871. The van der Waals surface area contributed by atoms with E-state index in [1.165, 1.54) is 12.1 Å². The van der Waals surface area contributed by atoms with Gasteiger partial charge in [-0.15, -0.1) is 5.11 Å². The summed E-state index contributed by atoms with van der Waals surface area (Å²) in [5, 5.41) is 28.5. The summed E-state index contributed by atoms with van der Waals surface area (Å²) in [7, 11) is 0. The van der Waals surface area contributed by atoms with Gasteiger partial charge in [-0.25, -0.2) is 4.79 Å². The van der Waals surface area contributed by atoms with Crippen molar-refractivity contribution in [3.8, 4) is 5.75 Å². The van der Waals surface area contributed by atoms with Crippen LogP contribution in [0.2, 0.25) is 0 Å². The Morgan fingerprint density at radius 1 is 0.818 bits per heavy atom. The van der Waals surface area contributed by atoms with Crippen molar-refractivity contribution < 1.29 is 15.0 Å². The van der Waals surface area contributed by atoms with Crippen molar-refractivity contribution in [3.05, 3.63) is 66.2 Å². The second-order valence-electron chi connectivity index (χ2n) is 4.70. The second-order valence-corrected chi connectivity index (χ2v) is 4.70. The van der Waals surface area contributed by atoms with Gasteiger partial charge in [0.05, 0.1) is 16.9 Å². The molecule has 0 bridgehead atoms. The Morgan fingerprint density at radius 2 is 1.50 bits per heavy atom. The minimum Gasteiger partial charge on any atom is -0.507 e. The van der Waals surface area contributed by atoms with Gasteiger partial charge in [-0.1, -0.05) is 24.3 Å². The van der Waals surface area contributed by atoms with Crippen LogP contribution in [0.4, 0.5) is 11.4 Å². The minimum absolute atomic E-state index is 0.195. The number of benzene rings is 3. The van der Waals surface area contributed by atoms with Gasteiger partial charge in [0, 0.05) is 10.8 Å². The normalized spacial score (nSPS) is 11.1. The van der Waals surface area contributed by atoms with E-state index < -0.39 is 5.97 Å². The van der Waals surface area contributed by atoms with Crippen molar-refractivity contribution in [2.45, 2.75) is 0 Å². The van der Waals surface area contributed by atoms with Crippen molar-refractivity contribution in [2.24, 2.45) is 10.2 Å². The van der Waals surface area contributed by atoms with E-state index in [1.54, 1.807) is 24.3 Å². The predicted molar refractivity (Wildman–Crippen MR) is 83.2 cm³/mol. The van der Waals surface area contributed by atoms with Crippen LogP contribution in [0.1, 0.15) is 10.4 Å². The molecule has 3 rings (SSSR count). The van der Waals surface area contributed by atoms with Gasteiger partial charge >= 0.3 is 5.97 Å². The number of phenolic OH excluding ortho intramolecular Hbond substituents is 1. The first-order valence-electron chi connectivity index (χ1n) is 6.61. The van der Waals surface area contributed by atoms with E-state index in [2.05, 4.69) is 10.2 Å². The van der Waals surface area contributed by atoms with E-state index >= 15 is 0 Å². The lowest BCUT2D eigenvalue weighted by Crippen LogP contribution is -1.93. The van der Waals surface area contributed by atoms with Gasteiger partial charge in [-0.2, -0.15) is 5.11 Å². The summed E-state index contributed by atoms with van der Waals surface area (Å²) in [4.78, 5) is 10.8. The molecule has 0 atom stereocenters. The predicted octanol–water partition coefficient (Wildman–Crippen LogP) is 4.66. The van der Waals surface area contributed by atoms with Crippen LogP contribution in [-0.4, -0.2) is 16.2 Å². The molecule has 0 amide bonds. The number of fused-ring (bicyclic) bond motifs is 1. The minimum atomic E-state index is -0.979. The fourth-order valence-corrected chi connectivity index (χ4v) is 2.14. The molecular weight excluding hydrogens is 280 g/mol. The lowest BCUT2D eigenvalue weighted by molar-refractivity contribution is 0.0697. The first-order valence-corrected chi connectivity index (χ1v) is 6.61. The summed E-state index contributed by atoms with van der Waals surface area (Å²) >= 11 is 0. The Morgan fingerprint density at radius 3 is 2.18 bits per heavy atom. The summed E-state index contributed by atoms with van der Waals surface area (Å²) < 4.78 is 0. The zero-order valence-corrected chi connectivity index (χ0v) is 11.5. The third-order valence-electron chi connectivity index (χ3n) is 3.27. The molecule has 0 aliphatic heterocycles. The highest BCUT2D eigenvalue weighted by atomic mass is 16.4. The van der Waals surface area contributed by atoms with Crippen molar-refractivity contribution >= 4 is 28.1 Å². The molecule has 2 N–H and O–H groups in total.